The van der Waals surface area contributed by atoms with Gasteiger partial charge in [0, 0.05) is 18.1 Å². The van der Waals surface area contributed by atoms with E-state index in [0.717, 1.165) is 11.5 Å². The Morgan fingerprint density at radius 2 is 2.58 bits per heavy atom. The smallest absolute Gasteiger partial charge is 0.247 e. The highest BCUT2D eigenvalue weighted by molar-refractivity contribution is 7.99. The van der Waals surface area contributed by atoms with Gasteiger partial charge in [0.2, 0.25) is 5.91 Å². The molecule has 0 aromatic heterocycles. The van der Waals surface area contributed by atoms with Crippen molar-refractivity contribution in [2.24, 2.45) is 0 Å². The molecule has 1 heterocycles. The van der Waals surface area contributed by atoms with Crippen molar-refractivity contribution in [2.45, 2.75) is 6.04 Å². The molecule has 1 aliphatic heterocycles. The highest BCUT2D eigenvalue weighted by Crippen LogP contribution is 2.15. The second-order valence-electron chi connectivity index (χ2n) is 2.46. The highest BCUT2D eigenvalue weighted by Gasteiger charge is 2.24. The van der Waals surface area contributed by atoms with Gasteiger partial charge in [-0.15, -0.1) is 0 Å². The molecule has 1 amide bonds. The van der Waals surface area contributed by atoms with E-state index in [1.54, 1.807) is 16.7 Å². The summed E-state index contributed by atoms with van der Waals surface area (Å²) in [5.41, 5.74) is 0. The molecule has 0 radical (unpaired) electrons. The van der Waals surface area contributed by atoms with Crippen LogP contribution < -0.4 is 0 Å². The van der Waals surface area contributed by atoms with Gasteiger partial charge in [0.05, 0.1) is 6.07 Å². The second-order valence-corrected chi connectivity index (χ2v) is 3.61. The number of carbonyl (C=O) groups is 1. The summed E-state index contributed by atoms with van der Waals surface area (Å²) < 4.78 is 0. The van der Waals surface area contributed by atoms with Crippen molar-refractivity contribution >= 4 is 17.7 Å². The summed E-state index contributed by atoms with van der Waals surface area (Å²) >= 11 is 1.71. The minimum atomic E-state index is -0.269. The number of rotatable bonds is 1. The Morgan fingerprint density at radius 3 is 3.17 bits per heavy atom. The van der Waals surface area contributed by atoms with Crippen molar-refractivity contribution in [3.63, 3.8) is 0 Å². The molecule has 1 fully saturated rings. The SMILES string of the molecule is C=CC(=O)N1CCSCC1C#N. The lowest BCUT2D eigenvalue weighted by Crippen LogP contribution is -2.44. The van der Waals surface area contributed by atoms with Gasteiger partial charge in [0.1, 0.15) is 6.04 Å². The number of amides is 1. The zero-order valence-electron chi connectivity index (χ0n) is 6.69. The van der Waals surface area contributed by atoms with E-state index in [0.29, 0.717) is 6.54 Å². The van der Waals surface area contributed by atoms with Gasteiger partial charge in [0.25, 0.3) is 0 Å². The Hall–Kier alpha value is -0.950. The van der Waals surface area contributed by atoms with E-state index in [9.17, 15) is 4.79 Å². The van der Waals surface area contributed by atoms with Crippen molar-refractivity contribution in [3.05, 3.63) is 12.7 Å². The van der Waals surface area contributed by atoms with Crippen LogP contribution in [0.3, 0.4) is 0 Å². The first kappa shape index (κ1) is 9.14. The number of nitriles is 1. The third-order valence-electron chi connectivity index (χ3n) is 1.74. The maximum Gasteiger partial charge on any atom is 0.247 e. The molecule has 0 N–H and O–H groups in total. The molecule has 0 aromatic carbocycles. The summed E-state index contributed by atoms with van der Waals surface area (Å²) in [6.07, 6.45) is 1.26. The first-order valence-electron chi connectivity index (χ1n) is 3.70. The Bertz CT molecular complexity index is 234. The van der Waals surface area contributed by atoms with E-state index in [1.807, 2.05) is 0 Å². The van der Waals surface area contributed by atoms with Crippen LogP contribution in [0.15, 0.2) is 12.7 Å². The fraction of sp³-hybridized carbons (Fsp3) is 0.500. The fourth-order valence-corrected chi connectivity index (χ4v) is 2.06. The molecule has 0 aromatic rings. The van der Waals surface area contributed by atoms with E-state index in [2.05, 4.69) is 12.6 Å². The largest absolute Gasteiger partial charge is 0.321 e. The Balaban J connectivity index is 2.66. The standard InChI is InChI=1S/C8H10N2OS/c1-2-8(11)10-3-4-12-6-7(10)5-9/h2,7H,1,3-4,6H2. The van der Waals surface area contributed by atoms with Crippen LogP contribution >= 0.6 is 11.8 Å². The summed E-state index contributed by atoms with van der Waals surface area (Å²) in [7, 11) is 0. The molecule has 1 atom stereocenters. The maximum absolute atomic E-state index is 11.2. The summed E-state index contributed by atoms with van der Waals surface area (Å²) in [6.45, 7) is 4.06. The normalized spacial score (nSPS) is 22.9. The van der Waals surface area contributed by atoms with E-state index < -0.39 is 0 Å². The molecule has 12 heavy (non-hydrogen) atoms. The molecule has 1 unspecified atom stereocenters. The molecule has 64 valence electrons. The molecule has 3 nitrogen and oxygen atoms in total. The zero-order valence-corrected chi connectivity index (χ0v) is 7.51. The average Bonchev–Trinajstić information content (AvgIpc) is 2.16. The number of thioether (sulfide) groups is 1. The van der Waals surface area contributed by atoms with Crippen molar-refractivity contribution in [1.29, 1.82) is 5.26 Å². The van der Waals surface area contributed by atoms with Gasteiger partial charge in [-0.1, -0.05) is 6.58 Å². The molecular weight excluding hydrogens is 172 g/mol. The molecule has 1 rings (SSSR count). The van der Waals surface area contributed by atoms with Crippen LogP contribution in [-0.4, -0.2) is 34.9 Å². The van der Waals surface area contributed by atoms with Gasteiger partial charge in [-0.3, -0.25) is 4.79 Å². The minimum Gasteiger partial charge on any atom is -0.321 e. The average molecular weight is 182 g/mol. The van der Waals surface area contributed by atoms with Gasteiger partial charge in [-0.2, -0.15) is 17.0 Å². The molecule has 4 heteroatoms. The third kappa shape index (κ3) is 1.80. The monoisotopic (exact) mass is 182 g/mol. The van der Waals surface area contributed by atoms with Gasteiger partial charge < -0.3 is 4.90 Å². The van der Waals surface area contributed by atoms with Crippen LogP contribution in [0.2, 0.25) is 0 Å². The molecule has 1 aliphatic rings. The maximum atomic E-state index is 11.2. The molecule has 1 saturated heterocycles. The first-order chi connectivity index (χ1) is 5.79. The number of nitrogens with zero attached hydrogens (tertiary/aromatic N) is 2. The number of carbonyl (C=O) groups excluding carboxylic acids is 1. The lowest BCUT2D eigenvalue weighted by atomic mass is 10.3. The second kappa shape index (κ2) is 4.17. The summed E-state index contributed by atoms with van der Waals surface area (Å²) in [4.78, 5) is 12.8. The zero-order chi connectivity index (χ0) is 8.97. The quantitative estimate of drug-likeness (QED) is 0.559. The van der Waals surface area contributed by atoms with Crippen LogP contribution in [0, 0.1) is 11.3 Å². The summed E-state index contributed by atoms with van der Waals surface area (Å²) in [6, 6.07) is 1.84. The van der Waals surface area contributed by atoms with Crippen molar-refractivity contribution in [2.75, 3.05) is 18.1 Å². The Labute approximate surface area is 76.0 Å². The van der Waals surface area contributed by atoms with Gasteiger partial charge in [0.15, 0.2) is 0 Å². The third-order valence-corrected chi connectivity index (χ3v) is 2.76. The van der Waals surface area contributed by atoms with Crippen LogP contribution in [0.25, 0.3) is 0 Å². The molecule has 0 spiro atoms. The van der Waals surface area contributed by atoms with E-state index in [-0.39, 0.29) is 11.9 Å². The lowest BCUT2D eigenvalue weighted by molar-refractivity contribution is -0.126. The predicted octanol–water partition coefficient (Wildman–Crippen LogP) is 0.640. The van der Waals surface area contributed by atoms with E-state index in [1.165, 1.54) is 6.08 Å². The van der Waals surface area contributed by atoms with Crippen LogP contribution in [-0.2, 0) is 4.79 Å². The van der Waals surface area contributed by atoms with Crippen molar-refractivity contribution < 1.29 is 4.79 Å². The van der Waals surface area contributed by atoms with Crippen molar-refractivity contribution in [3.8, 4) is 6.07 Å². The van der Waals surface area contributed by atoms with E-state index >= 15 is 0 Å². The summed E-state index contributed by atoms with van der Waals surface area (Å²) in [5.74, 6) is 1.50. The molecular formula is C8H10N2OS. The molecule has 0 saturated carbocycles. The molecule has 0 bridgehead atoms. The Morgan fingerprint density at radius 1 is 1.83 bits per heavy atom. The summed E-state index contributed by atoms with van der Waals surface area (Å²) in [5, 5.41) is 8.71. The fourth-order valence-electron chi connectivity index (χ4n) is 1.09. The molecule has 0 aliphatic carbocycles. The van der Waals surface area contributed by atoms with Crippen molar-refractivity contribution in [1.82, 2.24) is 4.90 Å². The first-order valence-corrected chi connectivity index (χ1v) is 4.85. The minimum absolute atomic E-state index is 0.137. The number of hydrogen-bond acceptors (Lipinski definition) is 3. The van der Waals surface area contributed by atoms with Gasteiger partial charge >= 0.3 is 0 Å². The number of hydrogen-bond donors (Lipinski definition) is 0. The van der Waals surface area contributed by atoms with Crippen LogP contribution in [0.5, 0.6) is 0 Å². The van der Waals surface area contributed by atoms with Crippen LogP contribution in [0.4, 0.5) is 0 Å². The Kier molecular flexibility index (Phi) is 3.18. The van der Waals surface area contributed by atoms with Gasteiger partial charge in [-0.05, 0) is 6.08 Å². The predicted molar refractivity (Wildman–Crippen MR) is 48.6 cm³/mol. The topological polar surface area (TPSA) is 44.1 Å². The van der Waals surface area contributed by atoms with Gasteiger partial charge in [-0.25, -0.2) is 0 Å². The van der Waals surface area contributed by atoms with E-state index in [4.69, 9.17) is 5.26 Å². The van der Waals surface area contributed by atoms with Crippen LogP contribution in [0.1, 0.15) is 0 Å². The lowest BCUT2D eigenvalue weighted by Gasteiger charge is -2.29. The highest BCUT2D eigenvalue weighted by atomic mass is 32.2.